The van der Waals surface area contributed by atoms with E-state index in [-0.39, 0.29) is 34.9 Å². The molecule has 0 saturated heterocycles. The van der Waals surface area contributed by atoms with Gasteiger partial charge in [-0.25, -0.2) is 8.78 Å². The van der Waals surface area contributed by atoms with Crippen LogP contribution in [-0.2, 0) is 11.3 Å². The van der Waals surface area contributed by atoms with Crippen LogP contribution in [0.3, 0.4) is 0 Å². The summed E-state index contributed by atoms with van der Waals surface area (Å²) in [6, 6.07) is 10.1. The molecule has 2 rings (SSSR count). The number of aryl methyl sites for hydroxylation is 2. The molecule has 0 radical (unpaired) electrons. The Morgan fingerprint density at radius 2 is 1.59 bits per heavy atom. The van der Waals surface area contributed by atoms with E-state index in [0.29, 0.717) is 13.1 Å². The van der Waals surface area contributed by atoms with Crippen LogP contribution in [0.1, 0.15) is 35.1 Å². The van der Waals surface area contributed by atoms with E-state index in [4.69, 9.17) is 4.84 Å². The van der Waals surface area contributed by atoms with Crippen LogP contribution in [0.4, 0.5) is 8.78 Å². The first-order valence-electron chi connectivity index (χ1n) is 8.76. The Balaban J connectivity index is 0.00000364. The molecule has 0 aliphatic rings. The Bertz CT molecular complexity index is 738. The molecule has 2 aromatic carbocycles. The van der Waals surface area contributed by atoms with Crippen LogP contribution < -0.4 is 0 Å². The molecule has 0 aromatic heterocycles. The van der Waals surface area contributed by atoms with E-state index in [1.165, 1.54) is 18.2 Å². The first kappa shape index (κ1) is 23.5. The van der Waals surface area contributed by atoms with E-state index in [2.05, 4.69) is 6.58 Å². The van der Waals surface area contributed by atoms with Crippen molar-refractivity contribution in [3.05, 3.63) is 82.4 Å². The number of rotatable bonds is 8. The second kappa shape index (κ2) is 10.7. The van der Waals surface area contributed by atoms with Gasteiger partial charge in [-0.3, -0.25) is 0 Å². The summed E-state index contributed by atoms with van der Waals surface area (Å²) in [6.45, 7) is 11.0. The maximum Gasteiger partial charge on any atom is 0.129 e. The number of hydrogen-bond donors (Lipinski definition) is 0. The fourth-order valence-electron chi connectivity index (χ4n) is 3.45. The van der Waals surface area contributed by atoms with Gasteiger partial charge in [-0.05, 0) is 56.0 Å². The lowest BCUT2D eigenvalue weighted by atomic mass is 9.85. The van der Waals surface area contributed by atoms with Crippen molar-refractivity contribution >= 4 is 17.0 Å². The molecule has 1 atom stereocenters. The maximum atomic E-state index is 14.3. The van der Waals surface area contributed by atoms with Crippen LogP contribution in [0.5, 0.6) is 0 Å². The molecule has 5 heteroatoms. The number of benzene rings is 2. The van der Waals surface area contributed by atoms with Gasteiger partial charge in [-0.1, -0.05) is 36.4 Å². The van der Waals surface area contributed by atoms with Gasteiger partial charge in [-0.2, -0.15) is 5.06 Å². The van der Waals surface area contributed by atoms with E-state index in [0.717, 1.165) is 22.3 Å². The molecule has 1 unspecified atom stereocenters. The lowest BCUT2D eigenvalue weighted by Gasteiger charge is -2.28. The lowest BCUT2D eigenvalue weighted by Crippen LogP contribution is -2.31. The third kappa shape index (κ3) is 6.23. The number of hydroxylamine groups is 2. The van der Waals surface area contributed by atoms with Crippen molar-refractivity contribution < 1.29 is 13.6 Å². The van der Waals surface area contributed by atoms with Gasteiger partial charge in [0.05, 0.1) is 7.11 Å². The minimum atomic E-state index is -0.509. The van der Waals surface area contributed by atoms with Gasteiger partial charge in [0.25, 0.3) is 0 Å². The summed E-state index contributed by atoms with van der Waals surface area (Å²) in [4.78, 5) is 5.48. The zero-order chi connectivity index (χ0) is 19.3. The third-order valence-electron chi connectivity index (χ3n) is 4.59. The SMILES string of the molecule is Br.C=C(C)CN(CC(Cc1c(F)cccc1F)c1c(C)cccc1C)OC. The van der Waals surface area contributed by atoms with E-state index >= 15 is 0 Å². The fraction of sp³-hybridized carbons (Fsp3) is 0.364. The van der Waals surface area contributed by atoms with Gasteiger partial charge in [0, 0.05) is 24.6 Å². The summed E-state index contributed by atoms with van der Waals surface area (Å²) in [5.41, 5.74) is 4.41. The number of halogens is 3. The van der Waals surface area contributed by atoms with Gasteiger partial charge in [-0.15, -0.1) is 17.0 Å². The largest absolute Gasteiger partial charge is 0.302 e. The van der Waals surface area contributed by atoms with Crippen LogP contribution in [0, 0.1) is 25.5 Å². The molecule has 0 amide bonds. The van der Waals surface area contributed by atoms with Crippen molar-refractivity contribution in [2.24, 2.45) is 0 Å². The minimum Gasteiger partial charge on any atom is -0.302 e. The Kier molecular flexibility index (Phi) is 9.30. The van der Waals surface area contributed by atoms with Crippen molar-refractivity contribution in [1.82, 2.24) is 5.06 Å². The average Bonchev–Trinajstić information content (AvgIpc) is 2.56. The molecule has 0 spiro atoms. The summed E-state index contributed by atoms with van der Waals surface area (Å²) in [5, 5.41) is 1.79. The molecule has 0 saturated carbocycles. The summed E-state index contributed by atoms with van der Waals surface area (Å²) in [6.07, 6.45) is 0.264. The fourth-order valence-corrected chi connectivity index (χ4v) is 3.45. The molecule has 0 aliphatic carbocycles. The third-order valence-corrected chi connectivity index (χ3v) is 4.59. The predicted molar refractivity (Wildman–Crippen MR) is 112 cm³/mol. The molecule has 0 fully saturated rings. The normalized spacial score (nSPS) is 12.0. The monoisotopic (exact) mass is 439 g/mol. The van der Waals surface area contributed by atoms with Crippen LogP contribution in [0.15, 0.2) is 48.6 Å². The highest BCUT2D eigenvalue weighted by molar-refractivity contribution is 8.93. The second-order valence-corrected chi connectivity index (χ2v) is 6.87. The molecule has 2 aromatic rings. The van der Waals surface area contributed by atoms with Crippen molar-refractivity contribution in [3.63, 3.8) is 0 Å². The molecule has 148 valence electrons. The van der Waals surface area contributed by atoms with Gasteiger partial charge in [0.2, 0.25) is 0 Å². The van der Waals surface area contributed by atoms with Gasteiger partial charge < -0.3 is 4.84 Å². The molecular formula is C22H28BrF2NO. The summed E-state index contributed by atoms with van der Waals surface area (Å²) in [5.74, 6) is -1.13. The van der Waals surface area contributed by atoms with E-state index in [1.807, 2.05) is 39.0 Å². The quantitative estimate of drug-likeness (QED) is 0.373. The number of nitrogens with zero attached hydrogens (tertiary/aromatic N) is 1. The first-order chi connectivity index (χ1) is 12.3. The molecule has 2 nitrogen and oxygen atoms in total. The van der Waals surface area contributed by atoms with Gasteiger partial charge in [0.15, 0.2) is 0 Å². The lowest BCUT2D eigenvalue weighted by molar-refractivity contribution is -0.127. The molecule has 0 aliphatic heterocycles. The second-order valence-electron chi connectivity index (χ2n) is 6.87. The number of hydrogen-bond acceptors (Lipinski definition) is 2. The summed E-state index contributed by atoms with van der Waals surface area (Å²) >= 11 is 0. The minimum absolute atomic E-state index is 0. The predicted octanol–water partition coefficient (Wildman–Crippen LogP) is 5.93. The summed E-state index contributed by atoms with van der Waals surface area (Å²) < 4.78 is 28.5. The topological polar surface area (TPSA) is 12.5 Å². The Hall–Kier alpha value is -1.56. The first-order valence-corrected chi connectivity index (χ1v) is 8.76. The van der Waals surface area contributed by atoms with Crippen molar-refractivity contribution in [1.29, 1.82) is 0 Å². The standard InChI is InChI=1S/C22H27F2NO.BrH/c1-15(2)13-25(26-5)14-18(22-16(3)8-6-9-17(22)4)12-19-20(23)10-7-11-21(19)24;/h6-11,18H,1,12-14H2,2-5H3;1H. The Morgan fingerprint density at radius 3 is 2.07 bits per heavy atom. The van der Waals surface area contributed by atoms with Gasteiger partial charge >= 0.3 is 0 Å². The zero-order valence-electron chi connectivity index (χ0n) is 16.4. The van der Waals surface area contributed by atoms with Crippen LogP contribution in [0.25, 0.3) is 0 Å². The highest BCUT2D eigenvalue weighted by atomic mass is 79.9. The van der Waals surface area contributed by atoms with Crippen LogP contribution >= 0.6 is 17.0 Å². The van der Waals surface area contributed by atoms with Crippen molar-refractivity contribution in [2.45, 2.75) is 33.1 Å². The van der Waals surface area contributed by atoms with Crippen LogP contribution in [0.2, 0.25) is 0 Å². The highest BCUT2D eigenvalue weighted by Crippen LogP contribution is 2.30. The summed E-state index contributed by atoms with van der Waals surface area (Å²) in [7, 11) is 1.61. The smallest absolute Gasteiger partial charge is 0.129 e. The van der Waals surface area contributed by atoms with E-state index in [1.54, 1.807) is 12.2 Å². The molecular weight excluding hydrogens is 412 g/mol. The molecule has 0 N–H and O–H groups in total. The van der Waals surface area contributed by atoms with Crippen molar-refractivity contribution in [3.8, 4) is 0 Å². The van der Waals surface area contributed by atoms with Crippen molar-refractivity contribution in [2.75, 3.05) is 20.2 Å². The Labute approximate surface area is 171 Å². The highest BCUT2D eigenvalue weighted by Gasteiger charge is 2.23. The van der Waals surface area contributed by atoms with Crippen LogP contribution in [-0.4, -0.2) is 25.3 Å². The van der Waals surface area contributed by atoms with E-state index in [9.17, 15) is 8.78 Å². The molecule has 27 heavy (non-hydrogen) atoms. The van der Waals surface area contributed by atoms with E-state index < -0.39 is 11.6 Å². The molecule has 0 bridgehead atoms. The molecule has 0 heterocycles. The average molecular weight is 440 g/mol. The maximum absolute atomic E-state index is 14.3. The Morgan fingerprint density at radius 1 is 1.07 bits per heavy atom. The zero-order valence-corrected chi connectivity index (χ0v) is 18.1. The van der Waals surface area contributed by atoms with Gasteiger partial charge in [0.1, 0.15) is 11.6 Å².